The monoisotopic (exact) mass is 293 g/mol. The summed E-state index contributed by atoms with van der Waals surface area (Å²) in [5, 5.41) is 11.5. The molecule has 1 atom stereocenters. The molecule has 0 radical (unpaired) electrons. The molecule has 0 heterocycles. The summed E-state index contributed by atoms with van der Waals surface area (Å²) in [6.45, 7) is 4.23. The fourth-order valence-electron chi connectivity index (χ4n) is 1.59. The number of nitrogens with one attached hydrogen (secondary N) is 1. The third kappa shape index (κ3) is 4.59. The van der Waals surface area contributed by atoms with Gasteiger partial charge in [-0.1, -0.05) is 19.1 Å². The first-order valence-corrected chi connectivity index (χ1v) is 6.56. The number of rotatable bonds is 7. The first-order valence-electron chi connectivity index (χ1n) is 6.56. The van der Waals surface area contributed by atoms with E-state index in [4.69, 9.17) is 9.84 Å². The SMILES string of the molecule is CCC(C)(NC(=O)COc1cccc(C(C)=O)c1)C(=O)O. The molecular weight excluding hydrogens is 274 g/mol. The highest BCUT2D eigenvalue weighted by molar-refractivity contribution is 5.94. The Morgan fingerprint density at radius 3 is 2.52 bits per heavy atom. The second kappa shape index (κ2) is 6.88. The number of carbonyl (C=O) groups is 3. The second-order valence-electron chi connectivity index (χ2n) is 4.91. The Hall–Kier alpha value is -2.37. The number of Topliss-reactive ketones (excluding diaryl/α,β-unsaturated/α-hetero) is 1. The van der Waals surface area contributed by atoms with Crippen molar-refractivity contribution in [2.75, 3.05) is 6.61 Å². The van der Waals surface area contributed by atoms with Crippen LogP contribution in [0.2, 0.25) is 0 Å². The fraction of sp³-hybridized carbons (Fsp3) is 0.400. The van der Waals surface area contributed by atoms with E-state index in [1.807, 2.05) is 0 Å². The number of benzene rings is 1. The van der Waals surface area contributed by atoms with Gasteiger partial charge >= 0.3 is 5.97 Å². The average Bonchev–Trinajstić information content (AvgIpc) is 2.45. The molecule has 0 saturated carbocycles. The number of hydrogen-bond donors (Lipinski definition) is 2. The van der Waals surface area contributed by atoms with Gasteiger partial charge in [-0.05, 0) is 32.4 Å². The number of amides is 1. The minimum atomic E-state index is -1.32. The maximum absolute atomic E-state index is 11.7. The highest BCUT2D eigenvalue weighted by Gasteiger charge is 2.32. The van der Waals surface area contributed by atoms with Crippen LogP contribution in [0.3, 0.4) is 0 Å². The van der Waals surface area contributed by atoms with Gasteiger partial charge in [-0.15, -0.1) is 0 Å². The number of ketones is 1. The number of aliphatic carboxylic acids is 1. The predicted molar refractivity (Wildman–Crippen MR) is 76.4 cm³/mol. The normalized spacial score (nSPS) is 13.1. The Morgan fingerprint density at radius 1 is 1.33 bits per heavy atom. The number of carboxylic acids is 1. The van der Waals surface area contributed by atoms with Crippen LogP contribution in [0.15, 0.2) is 24.3 Å². The van der Waals surface area contributed by atoms with Crippen molar-refractivity contribution in [3.63, 3.8) is 0 Å². The minimum Gasteiger partial charge on any atom is -0.484 e. The van der Waals surface area contributed by atoms with Gasteiger partial charge in [0.15, 0.2) is 12.4 Å². The lowest BCUT2D eigenvalue weighted by Crippen LogP contribution is -2.53. The molecule has 1 aromatic carbocycles. The Labute approximate surface area is 123 Å². The van der Waals surface area contributed by atoms with Gasteiger partial charge in [-0.3, -0.25) is 9.59 Å². The van der Waals surface area contributed by atoms with E-state index in [1.165, 1.54) is 19.9 Å². The van der Waals surface area contributed by atoms with Crippen molar-refractivity contribution in [2.45, 2.75) is 32.7 Å². The van der Waals surface area contributed by atoms with Gasteiger partial charge in [0.1, 0.15) is 11.3 Å². The lowest BCUT2D eigenvalue weighted by Gasteiger charge is -2.24. The van der Waals surface area contributed by atoms with E-state index in [1.54, 1.807) is 25.1 Å². The summed E-state index contributed by atoms with van der Waals surface area (Å²) in [5.74, 6) is -1.35. The van der Waals surface area contributed by atoms with E-state index in [-0.39, 0.29) is 18.8 Å². The molecule has 6 heteroatoms. The molecule has 0 aliphatic heterocycles. The summed E-state index contributed by atoms with van der Waals surface area (Å²) in [7, 11) is 0. The Balaban J connectivity index is 2.63. The van der Waals surface area contributed by atoms with Crippen LogP contribution >= 0.6 is 0 Å². The summed E-state index contributed by atoms with van der Waals surface area (Å²) < 4.78 is 5.27. The molecule has 21 heavy (non-hydrogen) atoms. The van der Waals surface area contributed by atoms with E-state index in [2.05, 4.69) is 5.32 Å². The molecule has 114 valence electrons. The zero-order valence-corrected chi connectivity index (χ0v) is 12.3. The average molecular weight is 293 g/mol. The second-order valence-corrected chi connectivity index (χ2v) is 4.91. The lowest BCUT2D eigenvalue weighted by atomic mass is 9.99. The third-order valence-electron chi connectivity index (χ3n) is 3.20. The highest BCUT2D eigenvalue weighted by atomic mass is 16.5. The van der Waals surface area contributed by atoms with Crippen molar-refractivity contribution >= 4 is 17.7 Å². The van der Waals surface area contributed by atoms with Gasteiger partial charge in [-0.25, -0.2) is 4.79 Å². The summed E-state index contributed by atoms with van der Waals surface area (Å²) in [5.41, 5.74) is -0.835. The van der Waals surface area contributed by atoms with Crippen molar-refractivity contribution in [3.8, 4) is 5.75 Å². The molecule has 1 unspecified atom stereocenters. The van der Waals surface area contributed by atoms with Crippen LogP contribution in [0, 0.1) is 0 Å². The molecule has 6 nitrogen and oxygen atoms in total. The summed E-state index contributed by atoms with van der Waals surface area (Å²) in [4.78, 5) is 34.1. The van der Waals surface area contributed by atoms with Crippen molar-refractivity contribution < 1.29 is 24.2 Å². The number of carbonyl (C=O) groups excluding carboxylic acids is 2. The van der Waals surface area contributed by atoms with Crippen molar-refractivity contribution in [2.24, 2.45) is 0 Å². The zero-order valence-electron chi connectivity index (χ0n) is 12.3. The van der Waals surface area contributed by atoms with Gasteiger partial charge < -0.3 is 15.2 Å². The molecule has 0 bridgehead atoms. The van der Waals surface area contributed by atoms with Crippen molar-refractivity contribution in [1.29, 1.82) is 0 Å². The lowest BCUT2D eigenvalue weighted by molar-refractivity contribution is -0.147. The van der Waals surface area contributed by atoms with E-state index in [9.17, 15) is 14.4 Å². The number of ether oxygens (including phenoxy) is 1. The molecular formula is C15H19NO5. The molecule has 0 spiro atoms. The van der Waals surface area contributed by atoms with Crippen LogP contribution in [-0.2, 0) is 9.59 Å². The van der Waals surface area contributed by atoms with E-state index < -0.39 is 17.4 Å². The molecule has 0 fully saturated rings. The van der Waals surface area contributed by atoms with Crippen LogP contribution < -0.4 is 10.1 Å². The molecule has 1 amide bonds. The van der Waals surface area contributed by atoms with Gasteiger partial charge in [0, 0.05) is 5.56 Å². The van der Waals surface area contributed by atoms with Gasteiger partial charge in [0.25, 0.3) is 5.91 Å². The van der Waals surface area contributed by atoms with Crippen LogP contribution in [0.5, 0.6) is 5.75 Å². The first kappa shape index (κ1) is 16.7. The first-order chi connectivity index (χ1) is 9.78. The molecule has 0 aliphatic rings. The Kier molecular flexibility index (Phi) is 5.46. The quantitative estimate of drug-likeness (QED) is 0.745. The van der Waals surface area contributed by atoms with Crippen LogP contribution in [0.4, 0.5) is 0 Å². The molecule has 0 aromatic heterocycles. The maximum Gasteiger partial charge on any atom is 0.329 e. The Bertz CT molecular complexity index is 555. The largest absolute Gasteiger partial charge is 0.484 e. The van der Waals surface area contributed by atoms with E-state index in [0.717, 1.165) is 0 Å². The molecule has 1 rings (SSSR count). The van der Waals surface area contributed by atoms with Crippen molar-refractivity contribution in [3.05, 3.63) is 29.8 Å². The highest BCUT2D eigenvalue weighted by Crippen LogP contribution is 2.14. The minimum absolute atomic E-state index is 0.102. The van der Waals surface area contributed by atoms with Crippen LogP contribution in [0.1, 0.15) is 37.6 Å². The van der Waals surface area contributed by atoms with Crippen LogP contribution in [0.25, 0.3) is 0 Å². The standard InChI is InChI=1S/C15H19NO5/c1-4-15(3,14(19)20)16-13(18)9-21-12-7-5-6-11(8-12)10(2)17/h5-8H,4,9H2,1-3H3,(H,16,18)(H,19,20). The third-order valence-corrected chi connectivity index (χ3v) is 3.20. The number of hydrogen-bond acceptors (Lipinski definition) is 4. The summed E-state index contributed by atoms with van der Waals surface area (Å²) >= 11 is 0. The smallest absolute Gasteiger partial charge is 0.329 e. The van der Waals surface area contributed by atoms with Crippen LogP contribution in [-0.4, -0.2) is 34.9 Å². The van der Waals surface area contributed by atoms with E-state index in [0.29, 0.717) is 11.3 Å². The molecule has 0 saturated heterocycles. The van der Waals surface area contributed by atoms with Gasteiger partial charge in [0.05, 0.1) is 0 Å². The van der Waals surface area contributed by atoms with Gasteiger partial charge in [-0.2, -0.15) is 0 Å². The Morgan fingerprint density at radius 2 is 2.00 bits per heavy atom. The van der Waals surface area contributed by atoms with Crippen molar-refractivity contribution in [1.82, 2.24) is 5.32 Å². The fourth-order valence-corrected chi connectivity index (χ4v) is 1.59. The predicted octanol–water partition coefficient (Wildman–Crippen LogP) is 1.64. The molecule has 0 aliphatic carbocycles. The number of carboxylic acid groups (broad SMARTS) is 1. The van der Waals surface area contributed by atoms with E-state index >= 15 is 0 Å². The summed E-state index contributed by atoms with van der Waals surface area (Å²) in [6.07, 6.45) is 0.258. The van der Waals surface area contributed by atoms with Gasteiger partial charge in [0.2, 0.25) is 0 Å². The molecule has 1 aromatic rings. The zero-order chi connectivity index (χ0) is 16.0. The molecule has 2 N–H and O–H groups in total. The summed E-state index contributed by atoms with van der Waals surface area (Å²) in [6, 6.07) is 6.45. The topological polar surface area (TPSA) is 92.7 Å². The maximum atomic E-state index is 11.7.